The summed E-state index contributed by atoms with van der Waals surface area (Å²) in [6.45, 7) is 4.04. The van der Waals surface area contributed by atoms with E-state index in [-0.39, 0.29) is 29.3 Å². The number of aryl methyl sites for hydroxylation is 1. The van der Waals surface area contributed by atoms with Crippen molar-refractivity contribution >= 4 is 11.7 Å². The molecular formula is C20H28FN3O2. The molecule has 2 aliphatic heterocycles. The zero-order valence-corrected chi connectivity index (χ0v) is 15.5. The topological polar surface area (TPSA) is 56.7 Å². The standard InChI is InChI=1S/C20H28FN3O2/c1-14-17(21)7-8-18(22-14)23-11-2-9-20(13-23)10-12-24(19(20)26)15-3-5-16(25)6-4-15/h7-8,15-16,25H,2-6,9-13H2,1H3/t15-,16-,20-/m0/s1. The van der Waals surface area contributed by atoms with Crippen LogP contribution in [-0.2, 0) is 4.79 Å². The zero-order chi connectivity index (χ0) is 18.3. The Morgan fingerprint density at radius 2 is 1.96 bits per heavy atom. The lowest BCUT2D eigenvalue weighted by Crippen LogP contribution is -2.50. The van der Waals surface area contributed by atoms with Crippen LogP contribution in [0.2, 0.25) is 0 Å². The molecule has 1 amide bonds. The van der Waals surface area contributed by atoms with Gasteiger partial charge in [-0.15, -0.1) is 0 Å². The number of piperidine rings is 1. The minimum absolute atomic E-state index is 0.198. The molecule has 1 spiro atoms. The summed E-state index contributed by atoms with van der Waals surface area (Å²) in [7, 11) is 0. The minimum Gasteiger partial charge on any atom is -0.393 e. The molecular weight excluding hydrogens is 333 g/mol. The van der Waals surface area contributed by atoms with E-state index in [1.807, 2.05) is 0 Å². The fraction of sp³-hybridized carbons (Fsp3) is 0.700. The number of halogens is 1. The molecule has 3 fully saturated rings. The predicted molar refractivity (Wildman–Crippen MR) is 97.4 cm³/mol. The molecule has 1 aromatic rings. The Balaban J connectivity index is 1.49. The molecule has 4 rings (SSSR count). The van der Waals surface area contributed by atoms with Crippen molar-refractivity contribution in [3.05, 3.63) is 23.6 Å². The molecule has 142 valence electrons. The number of aromatic nitrogens is 1. The Kier molecular flexibility index (Phi) is 4.63. The van der Waals surface area contributed by atoms with Gasteiger partial charge < -0.3 is 14.9 Å². The summed E-state index contributed by atoms with van der Waals surface area (Å²) < 4.78 is 13.5. The number of aliphatic hydroxyl groups excluding tert-OH is 1. The number of aliphatic hydroxyl groups is 1. The Hall–Kier alpha value is -1.69. The van der Waals surface area contributed by atoms with E-state index in [1.54, 1.807) is 13.0 Å². The van der Waals surface area contributed by atoms with E-state index < -0.39 is 0 Å². The summed E-state index contributed by atoms with van der Waals surface area (Å²) in [5.41, 5.74) is 0.0837. The van der Waals surface area contributed by atoms with Crippen molar-refractivity contribution in [2.45, 2.75) is 64.0 Å². The van der Waals surface area contributed by atoms with Crippen LogP contribution in [0.4, 0.5) is 10.2 Å². The smallest absolute Gasteiger partial charge is 0.230 e. The van der Waals surface area contributed by atoms with Crippen molar-refractivity contribution in [2.24, 2.45) is 5.41 Å². The van der Waals surface area contributed by atoms with Crippen molar-refractivity contribution in [1.82, 2.24) is 9.88 Å². The molecule has 3 aliphatic rings. The number of carbonyl (C=O) groups excluding carboxylic acids is 1. The van der Waals surface area contributed by atoms with Crippen molar-refractivity contribution in [3.8, 4) is 0 Å². The Labute approximate surface area is 154 Å². The summed E-state index contributed by atoms with van der Waals surface area (Å²) in [6, 6.07) is 3.47. The van der Waals surface area contributed by atoms with E-state index in [0.717, 1.165) is 63.9 Å². The van der Waals surface area contributed by atoms with Crippen LogP contribution in [0.25, 0.3) is 0 Å². The summed E-state index contributed by atoms with van der Waals surface area (Å²) in [5, 5.41) is 9.74. The van der Waals surface area contributed by atoms with Gasteiger partial charge in [-0.1, -0.05) is 0 Å². The zero-order valence-electron chi connectivity index (χ0n) is 15.5. The first-order valence-corrected chi connectivity index (χ1v) is 9.86. The van der Waals surface area contributed by atoms with Gasteiger partial charge in [0.05, 0.1) is 17.2 Å². The molecule has 1 atom stereocenters. The lowest BCUT2D eigenvalue weighted by molar-refractivity contribution is -0.139. The average molecular weight is 361 g/mol. The SMILES string of the molecule is Cc1nc(N2CCC[C@]3(CCN([C@H]4CC[C@H](O)CC4)C3=O)C2)ccc1F. The van der Waals surface area contributed by atoms with Crippen LogP contribution in [0.1, 0.15) is 50.6 Å². The predicted octanol–water partition coefficient (Wildman–Crippen LogP) is 2.65. The van der Waals surface area contributed by atoms with Gasteiger partial charge in [0.25, 0.3) is 0 Å². The van der Waals surface area contributed by atoms with Crippen LogP contribution in [0.15, 0.2) is 12.1 Å². The average Bonchev–Trinajstić information content (AvgIpc) is 2.94. The van der Waals surface area contributed by atoms with Crippen molar-refractivity contribution in [2.75, 3.05) is 24.5 Å². The molecule has 3 heterocycles. The Morgan fingerprint density at radius 1 is 1.19 bits per heavy atom. The maximum absolute atomic E-state index is 13.5. The van der Waals surface area contributed by atoms with Gasteiger partial charge in [0.1, 0.15) is 11.6 Å². The lowest BCUT2D eigenvalue weighted by Gasteiger charge is -2.41. The Morgan fingerprint density at radius 3 is 2.69 bits per heavy atom. The third-order valence-electron chi connectivity index (χ3n) is 6.56. The maximum Gasteiger partial charge on any atom is 0.230 e. The normalized spacial score (nSPS) is 32.5. The van der Waals surface area contributed by atoms with Crippen LogP contribution >= 0.6 is 0 Å². The molecule has 1 aliphatic carbocycles. The van der Waals surface area contributed by atoms with Gasteiger partial charge >= 0.3 is 0 Å². The molecule has 6 heteroatoms. The maximum atomic E-state index is 13.5. The highest BCUT2D eigenvalue weighted by molar-refractivity contribution is 5.86. The lowest BCUT2D eigenvalue weighted by atomic mass is 9.78. The van der Waals surface area contributed by atoms with Gasteiger partial charge in [0.2, 0.25) is 5.91 Å². The number of pyridine rings is 1. The molecule has 26 heavy (non-hydrogen) atoms. The quantitative estimate of drug-likeness (QED) is 0.880. The van der Waals surface area contributed by atoms with Gasteiger partial charge in [0.15, 0.2) is 0 Å². The number of likely N-dealkylation sites (tertiary alicyclic amines) is 1. The molecule has 2 saturated heterocycles. The van der Waals surface area contributed by atoms with E-state index in [0.29, 0.717) is 12.2 Å². The molecule has 0 bridgehead atoms. The molecule has 0 unspecified atom stereocenters. The monoisotopic (exact) mass is 361 g/mol. The molecule has 1 saturated carbocycles. The van der Waals surface area contributed by atoms with Crippen LogP contribution in [0.3, 0.4) is 0 Å². The second-order valence-electron chi connectivity index (χ2n) is 8.25. The van der Waals surface area contributed by atoms with E-state index in [2.05, 4.69) is 14.8 Å². The first kappa shape index (κ1) is 17.7. The van der Waals surface area contributed by atoms with E-state index >= 15 is 0 Å². The van der Waals surface area contributed by atoms with Crippen LogP contribution in [0, 0.1) is 18.2 Å². The third kappa shape index (κ3) is 3.08. The second-order valence-corrected chi connectivity index (χ2v) is 8.25. The summed E-state index contributed by atoms with van der Waals surface area (Å²) in [5.74, 6) is 0.764. The van der Waals surface area contributed by atoms with Gasteiger partial charge in [-0.25, -0.2) is 9.37 Å². The van der Waals surface area contributed by atoms with Gasteiger partial charge in [-0.3, -0.25) is 4.79 Å². The first-order valence-electron chi connectivity index (χ1n) is 9.86. The third-order valence-corrected chi connectivity index (χ3v) is 6.56. The second kappa shape index (κ2) is 6.80. The van der Waals surface area contributed by atoms with Crippen LogP contribution in [0.5, 0.6) is 0 Å². The molecule has 0 aromatic carbocycles. The summed E-state index contributed by atoms with van der Waals surface area (Å²) in [4.78, 5) is 21.9. The van der Waals surface area contributed by atoms with Gasteiger partial charge in [0, 0.05) is 25.7 Å². The number of hydrogen-bond acceptors (Lipinski definition) is 4. The number of amides is 1. The molecule has 5 nitrogen and oxygen atoms in total. The summed E-state index contributed by atoms with van der Waals surface area (Å²) in [6.07, 6.45) is 5.99. The van der Waals surface area contributed by atoms with Gasteiger partial charge in [-0.05, 0) is 64.0 Å². The highest BCUT2D eigenvalue weighted by Gasteiger charge is 2.50. The first-order chi connectivity index (χ1) is 12.5. The minimum atomic E-state index is -0.321. The Bertz CT molecular complexity index is 690. The largest absolute Gasteiger partial charge is 0.393 e. The fourth-order valence-electron chi connectivity index (χ4n) is 4.98. The molecule has 1 N–H and O–H groups in total. The number of hydrogen-bond donors (Lipinski definition) is 1. The number of anilines is 1. The van der Waals surface area contributed by atoms with E-state index in [1.165, 1.54) is 6.07 Å². The van der Waals surface area contributed by atoms with E-state index in [9.17, 15) is 14.3 Å². The van der Waals surface area contributed by atoms with E-state index in [4.69, 9.17) is 0 Å². The van der Waals surface area contributed by atoms with Gasteiger partial charge in [-0.2, -0.15) is 0 Å². The molecule has 0 radical (unpaired) electrons. The van der Waals surface area contributed by atoms with Crippen LogP contribution in [-0.4, -0.2) is 52.7 Å². The molecule has 1 aromatic heterocycles. The van der Waals surface area contributed by atoms with Crippen molar-refractivity contribution in [1.29, 1.82) is 0 Å². The summed E-state index contributed by atoms with van der Waals surface area (Å²) >= 11 is 0. The highest BCUT2D eigenvalue weighted by Crippen LogP contribution is 2.43. The number of nitrogens with zero attached hydrogens (tertiary/aromatic N) is 3. The number of rotatable bonds is 2. The van der Waals surface area contributed by atoms with Crippen LogP contribution < -0.4 is 4.90 Å². The van der Waals surface area contributed by atoms with Crippen molar-refractivity contribution in [3.63, 3.8) is 0 Å². The number of carbonyl (C=O) groups is 1. The van der Waals surface area contributed by atoms with Crippen molar-refractivity contribution < 1.29 is 14.3 Å². The highest BCUT2D eigenvalue weighted by atomic mass is 19.1. The fourth-order valence-corrected chi connectivity index (χ4v) is 4.98.